The Morgan fingerprint density at radius 1 is 1.25 bits per heavy atom. The van der Waals surface area contributed by atoms with Gasteiger partial charge in [0.05, 0.1) is 0 Å². The summed E-state index contributed by atoms with van der Waals surface area (Å²) in [5.74, 6) is 0.696. The third kappa shape index (κ3) is 4.27. The van der Waals surface area contributed by atoms with Gasteiger partial charge in [0.1, 0.15) is 5.60 Å². The number of nitrogens with zero attached hydrogens (tertiary/aromatic N) is 1. The number of rotatable bonds is 5. The van der Waals surface area contributed by atoms with Gasteiger partial charge in [-0.1, -0.05) is 48.9 Å². The molecule has 1 aromatic carbocycles. The SMILES string of the molecule is CCC(=Cc1ccccc1)[C@@H]1C[C@H]1NC1CC2(C1)CN(C(=O)OC(C)(C)C)C2. The predicted molar refractivity (Wildman–Crippen MR) is 113 cm³/mol. The average molecular weight is 383 g/mol. The van der Waals surface area contributed by atoms with Crippen molar-refractivity contribution >= 4 is 12.2 Å². The summed E-state index contributed by atoms with van der Waals surface area (Å²) >= 11 is 0. The lowest BCUT2D eigenvalue weighted by molar-refractivity contribution is -0.0831. The van der Waals surface area contributed by atoms with Gasteiger partial charge in [-0.25, -0.2) is 4.79 Å². The van der Waals surface area contributed by atoms with Crippen LogP contribution in [0, 0.1) is 11.3 Å². The quantitative estimate of drug-likeness (QED) is 0.791. The van der Waals surface area contributed by atoms with E-state index in [-0.39, 0.29) is 6.09 Å². The van der Waals surface area contributed by atoms with Crippen molar-refractivity contribution in [1.82, 2.24) is 10.2 Å². The first kappa shape index (κ1) is 19.5. The zero-order valence-corrected chi connectivity index (χ0v) is 17.7. The lowest BCUT2D eigenvalue weighted by Crippen LogP contribution is -2.67. The zero-order chi connectivity index (χ0) is 19.9. The minimum atomic E-state index is -0.408. The lowest BCUT2D eigenvalue weighted by atomic mass is 9.60. The van der Waals surface area contributed by atoms with E-state index in [0.717, 1.165) is 19.5 Å². The molecule has 1 saturated heterocycles. The summed E-state index contributed by atoms with van der Waals surface area (Å²) in [5.41, 5.74) is 2.82. The minimum absolute atomic E-state index is 0.157. The van der Waals surface area contributed by atoms with Crippen LogP contribution in [-0.2, 0) is 4.74 Å². The number of hydrogen-bond donors (Lipinski definition) is 1. The van der Waals surface area contributed by atoms with E-state index in [0.29, 0.717) is 23.4 Å². The number of nitrogens with one attached hydrogen (secondary N) is 1. The van der Waals surface area contributed by atoms with E-state index in [1.165, 1.54) is 24.8 Å². The molecule has 0 radical (unpaired) electrons. The summed E-state index contributed by atoms with van der Waals surface area (Å²) in [5, 5.41) is 3.87. The van der Waals surface area contributed by atoms with E-state index in [1.807, 2.05) is 25.7 Å². The van der Waals surface area contributed by atoms with Crippen LogP contribution in [0.4, 0.5) is 4.79 Å². The maximum Gasteiger partial charge on any atom is 0.410 e. The molecular weight excluding hydrogens is 348 g/mol. The van der Waals surface area contributed by atoms with Gasteiger partial charge in [0.25, 0.3) is 0 Å². The third-order valence-corrected chi connectivity index (χ3v) is 6.34. The Morgan fingerprint density at radius 3 is 2.54 bits per heavy atom. The highest BCUT2D eigenvalue weighted by Crippen LogP contribution is 2.50. The first-order chi connectivity index (χ1) is 13.3. The third-order valence-electron chi connectivity index (χ3n) is 6.34. The predicted octanol–water partition coefficient (Wildman–Crippen LogP) is 4.86. The van der Waals surface area contributed by atoms with E-state index < -0.39 is 5.60 Å². The van der Waals surface area contributed by atoms with Crippen molar-refractivity contribution in [3.8, 4) is 0 Å². The van der Waals surface area contributed by atoms with Crippen LogP contribution < -0.4 is 5.32 Å². The second-order valence-electron chi connectivity index (χ2n) is 10.0. The van der Waals surface area contributed by atoms with Crippen molar-refractivity contribution < 1.29 is 9.53 Å². The van der Waals surface area contributed by atoms with Gasteiger partial charge in [0, 0.05) is 30.6 Å². The van der Waals surface area contributed by atoms with Gasteiger partial charge in [-0.3, -0.25) is 0 Å². The summed E-state index contributed by atoms with van der Waals surface area (Å²) in [7, 11) is 0. The van der Waals surface area contributed by atoms with E-state index in [1.54, 1.807) is 5.57 Å². The van der Waals surface area contributed by atoms with Crippen molar-refractivity contribution in [3.63, 3.8) is 0 Å². The Morgan fingerprint density at radius 2 is 1.93 bits per heavy atom. The second-order valence-corrected chi connectivity index (χ2v) is 10.0. The van der Waals surface area contributed by atoms with Crippen LogP contribution in [0.2, 0.25) is 0 Å². The van der Waals surface area contributed by atoms with Gasteiger partial charge in [0.2, 0.25) is 0 Å². The zero-order valence-electron chi connectivity index (χ0n) is 17.7. The molecular formula is C24H34N2O2. The first-order valence-electron chi connectivity index (χ1n) is 10.8. The van der Waals surface area contributed by atoms with Gasteiger partial charge in [-0.05, 0) is 57.9 Å². The summed E-state index contributed by atoms with van der Waals surface area (Å²) in [6.07, 6.45) is 6.99. The minimum Gasteiger partial charge on any atom is -0.444 e. The van der Waals surface area contributed by atoms with Crippen LogP contribution in [0.25, 0.3) is 6.08 Å². The molecule has 28 heavy (non-hydrogen) atoms. The van der Waals surface area contributed by atoms with Crippen molar-refractivity contribution in [3.05, 3.63) is 41.5 Å². The number of ether oxygens (including phenoxy) is 1. The van der Waals surface area contributed by atoms with Crippen LogP contribution in [0.1, 0.15) is 58.9 Å². The maximum absolute atomic E-state index is 12.1. The largest absolute Gasteiger partial charge is 0.444 e. The molecule has 0 bridgehead atoms. The summed E-state index contributed by atoms with van der Waals surface area (Å²) in [6.45, 7) is 9.76. The first-order valence-corrected chi connectivity index (χ1v) is 10.8. The van der Waals surface area contributed by atoms with Gasteiger partial charge >= 0.3 is 6.09 Å². The van der Waals surface area contributed by atoms with Crippen LogP contribution in [0.15, 0.2) is 35.9 Å². The molecule has 2 aliphatic carbocycles. The van der Waals surface area contributed by atoms with Crippen LogP contribution >= 0.6 is 0 Å². The van der Waals surface area contributed by atoms with E-state index >= 15 is 0 Å². The molecule has 4 nitrogen and oxygen atoms in total. The monoisotopic (exact) mass is 382 g/mol. The van der Waals surface area contributed by atoms with Gasteiger partial charge < -0.3 is 15.0 Å². The second kappa shape index (κ2) is 7.22. The highest BCUT2D eigenvalue weighted by atomic mass is 16.6. The molecule has 2 atom stereocenters. The topological polar surface area (TPSA) is 41.6 Å². The Balaban J connectivity index is 1.21. The normalized spacial score (nSPS) is 26.6. The fraction of sp³-hybridized carbons (Fsp3) is 0.625. The number of carbonyl (C=O) groups is 1. The Hall–Kier alpha value is -1.81. The molecule has 1 heterocycles. The van der Waals surface area contributed by atoms with Crippen LogP contribution in [0.3, 0.4) is 0 Å². The molecule has 0 unspecified atom stereocenters. The van der Waals surface area contributed by atoms with Crippen molar-refractivity contribution in [2.45, 2.75) is 71.1 Å². The van der Waals surface area contributed by atoms with Crippen molar-refractivity contribution in [1.29, 1.82) is 0 Å². The number of carbonyl (C=O) groups excluding carboxylic acids is 1. The van der Waals surface area contributed by atoms with E-state index in [2.05, 4.69) is 48.6 Å². The van der Waals surface area contributed by atoms with Crippen molar-refractivity contribution in [2.75, 3.05) is 13.1 Å². The standard InChI is InChI=1S/C24H34N2O2/c1-5-18(11-17-9-7-6-8-10-17)20-12-21(20)25-19-13-24(14-19)15-26(16-24)22(27)28-23(2,3)4/h6-11,19-21,25H,5,12-16H2,1-4H3/t20-,21+/m0/s1. The van der Waals surface area contributed by atoms with E-state index in [4.69, 9.17) is 4.74 Å². The Labute approximate surface area is 169 Å². The van der Waals surface area contributed by atoms with E-state index in [9.17, 15) is 4.79 Å². The van der Waals surface area contributed by atoms with Gasteiger partial charge in [0.15, 0.2) is 0 Å². The fourth-order valence-electron chi connectivity index (χ4n) is 4.91. The molecule has 3 fully saturated rings. The molecule has 1 amide bonds. The summed E-state index contributed by atoms with van der Waals surface area (Å²) in [6, 6.07) is 11.9. The van der Waals surface area contributed by atoms with Gasteiger partial charge in [-0.2, -0.15) is 0 Å². The number of amides is 1. The van der Waals surface area contributed by atoms with Gasteiger partial charge in [-0.15, -0.1) is 0 Å². The highest BCUT2D eigenvalue weighted by Gasteiger charge is 2.55. The molecule has 4 heteroatoms. The molecule has 2 saturated carbocycles. The summed E-state index contributed by atoms with van der Waals surface area (Å²) < 4.78 is 5.47. The Bertz CT molecular complexity index is 736. The number of likely N-dealkylation sites (tertiary alicyclic amines) is 1. The smallest absolute Gasteiger partial charge is 0.410 e. The van der Waals surface area contributed by atoms with Crippen LogP contribution in [0.5, 0.6) is 0 Å². The molecule has 152 valence electrons. The molecule has 4 rings (SSSR count). The summed E-state index contributed by atoms with van der Waals surface area (Å²) in [4.78, 5) is 14.0. The Kier molecular flexibility index (Phi) is 5.03. The van der Waals surface area contributed by atoms with Crippen molar-refractivity contribution in [2.24, 2.45) is 11.3 Å². The average Bonchev–Trinajstić information content (AvgIpc) is 3.32. The molecule has 1 spiro atoms. The highest BCUT2D eigenvalue weighted by molar-refractivity contribution is 5.69. The lowest BCUT2D eigenvalue weighted by Gasteiger charge is -2.58. The molecule has 0 aromatic heterocycles. The molecule has 3 aliphatic rings. The fourth-order valence-corrected chi connectivity index (χ4v) is 4.91. The number of hydrogen-bond acceptors (Lipinski definition) is 3. The molecule has 1 N–H and O–H groups in total. The number of benzene rings is 1. The molecule has 1 aliphatic heterocycles. The van der Waals surface area contributed by atoms with Crippen LogP contribution in [-0.4, -0.2) is 41.8 Å². The maximum atomic E-state index is 12.1. The molecule has 1 aromatic rings.